The fourth-order valence-corrected chi connectivity index (χ4v) is 2.59. The van der Waals surface area contributed by atoms with Crippen LogP contribution < -0.4 is 27.2 Å². The van der Waals surface area contributed by atoms with Gasteiger partial charge in [0.1, 0.15) is 22.8 Å². The molecular formula is C17H11ClFN3O4. The molecular weight excluding hydrogens is 365 g/mol. The molecule has 26 heavy (non-hydrogen) atoms. The molecule has 3 aromatic rings. The van der Waals surface area contributed by atoms with Crippen LogP contribution in [0.4, 0.5) is 27.1 Å². The molecule has 3 rings (SSSR count). The third-order valence-electron chi connectivity index (χ3n) is 3.66. The third kappa shape index (κ3) is 2.98. The Bertz CT molecular complexity index is 1090. The number of halogens is 2. The SMILES string of the molecule is NC(=O)c1c(Cl)ccc(Nc2c(Nc3ccc(F)cc3)c(=O)c2=O)c1O. The van der Waals surface area contributed by atoms with E-state index < -0.39 is 28.3 Å². The summed E-state index contributed by atoms with van der Waals surface area (Å²) in [6.45, 7) is 0. The number of anilines is 4. The van der Waals surface area contributed by atoms with E-state index in [1.165, 1.54) is 36.4 Å². The van der Waals surface area contributed by atoms with Gasteiger partial charge in [0, 0.05) is 5.69 Å². The normalized spacial score (nSPS) is 10.7. The topological polar surface area (TPSA) is 122 Å². The van der Waals surface area contributed by atoms with Crippen molar-refractivity contribution in [3.8, 4) is 5.75 Å². The van der Waals surface area contributed by atoms with Gasteiger partial charge in [-0.2, -0.15) is 0 Å². The summed E-state index contributed by atoms with van der Waals surface area (Å²) >= 11 is 5.82. The predicted octanol–water partition coefficient (Wildman–Crippen LogP) is 2.37. The number of nitrogens with one attached hydrogen (secondary N) is 2. The van der Waals surface area contributed by atoms with Crippen LogP contribution in [0.15, 0.2) is 46.0 Å². The quantitative estimate of drug-likeness (QED) is 0.401. The molecule has 5 N–H and O–H groups in total. The molecule has 0 bridgehead atoms. The minimum atomic E-state index is -0.953. The Balaban J connectivity index is 1.95. The van der Waals surface area contributed by atoms with Crippen molar-refractivity contribution in [3.63, 3.8) is 0 Å². The van der Waals surface area contributed by atoms with E-state index in [0.29, 0.717) is 5.69 Å². The molecule has 0 radical (unpaired) electrons. The van der Waals surface area contributed by atoms with Crippen molar-refractivity contribution in [2.75, 3.05) is 10.6 Å². The highest BCUT2D eigenvalue weighted by molar-refractivity contribution is 6.34. The second-order valence-corrected chi connectivity index (χ2v) is 5.76. The molecule has 0 spiro atoms. The van der Waals surface area contributed by atoms with Gasteiger partial charge in [0.2, 0.25) is 0 Å². The Morgan fingerprint density at radius 1 is 1.00 bits per heavy atom. The zero-order valence-corrected chi connectivity index (χ0v) is 13.7. The highest BCUT2D eigenvalue weighted by Gasteiger charge is 2.24. The second-order valence-electron chi connectivity index (χ2n) is 5.35. The third-order valence-corrected chi connectivity index (χ3v) is 3.97. The molecule has 0 aliphatic heterocycles. The smallest absolute Gasteiger partial charge is 0.254 e. The second kappa shape index (κ2) is 6.49. The summed E-state index contributed by atoms with van der Waals surface area (Å²) in [5, 5.41) is 15.4. The average Bonchev–Trinajstić information content (AvgIpc) is 2.60. The maximum atomic E-state index is 13.0. The van der Waals surface area contributed by atoms with E-state index in [1.54, 1.807) is 0 Å². The van der Waals surface area contributed by atoms with Crippen LogP contribution >= 0.6 is 11.6 Å². The first-order chi connectivity index (χ1) is 12.3. The summed E-state index contributed by atoms with van der Waals surface area (Å²) in [7, 11) is 0. The number of benzene rings is 2. The Labute approximate surface area is 150 Å². The highest BCUT2D eigenvalue weighted by atomic mass is 35.5. The van der Waals surface area contributed by atoms with Crippen LogP contribution in [0.2, 0.25) is 5.02 Å². The summed E-state index contributed by atoms with van der Waals surface area (Å²) in [4.78, 5) is 35.0. The molecule has 0 fully saturated rings. The van der Waals surface area contributed by atoms with Crippen molar-refractivity contribution in [2.45, 2.75) is 0 Å². The Kier molecular flexibility index (Phi) is 4.35. The molecule has 0 aliphatic rings. The number of nitrogens with two attached hydrogens (primary N) is 1. The van der Waals surface area contributed by atoms with E-state index in [-0.39, 0.29) is 27.6 Å². The molecule has 0 saturated heterocycles. The van der Waals surface area contributed by atoms with Crippen molar-refractivity contribution in [3.05, 3.63) is 73.2 Å². The molecule has 1 amide bonds. The Morgan fingerprint density at radius 2 is 1.58 bits per heavy atom. The molecule has 0 aliphatic carbocycles. The van der Waals surface area contributed by atoms with E-state index in [2.05, 4.69) is 10.6 Å². The minimum Gasteiger partial charge on any atom is -0.505 e. The summed E-state index contributed by atoms with van der Waals surface area (Å²) in [6, 6.07) is 7.78. The molecule has 132 valence electrons. The van der Waals surface area contributed by atoms with E-state index >= 15 is 0 Å². The van der Waals surface area contributed by atoms with E-state index in [1.807, 2.05) is 0 Å². The van der Waals surface area contributed by atoms with Crippen molar-refractivity contribution < 1.29 is 14.3 Å². The van der Waals surface area contributed by atoms with Crippen LogP contribution in [0.25, 0.3) is 0 Å². The number of hydrogen-bond acceptors (Lipinski definition) is 6. The first-order valence-corrected chi connectivity index (χ1v) is 7.61. The van der Waals surface area contributed by atoms with Crippen LogP contribution in [-0.4, -0.2) is 11.0 Å². The van der Waals surface area contributed by atoms with Crippen LogP contribution in [0.1, 0.15) is 10.4 Å². The van der Waals surface area contributed by atoms with Gasteiger partial charge in [-0.1, -0.05) is 11.6 Å². The number of primary amides is 1. The zero-order valence-electron chi connectivity index (χ0n) is 13.0. The number of hydrogen-bond donors (Lipinski definition) is 4. The fourth-order valence-electron chi connectivity index (χ4n) is 2.34. The van der Waals surface area contributed by atoms with Gasteiger partial charge in [0.25, 0.3) is 16.8 Å². The summed E-state index contributed by atoms with van der Waals surface area (Å²) in [5.41, 5.74) is 3.44. The summed E-state index contributed by atoms with van der Waals surface area (Å²) in [6.07, 6.45) is 0. The number of rotatable bonds is 5. The molecule has 7 nitrogen and oxygen atoms in total. The van der Waals surface area contributed by atoms with Gasteiger partial charge in [-0.25, -0.2) is 4.39 Å². The highest BCUT2D eigenvalue weighted by Crippen LogP contribution is 2.35. The number of carbonyl (C=O) groups excluding carboxylic acids is 1. The number of phenols is 1. The molecule has 3 aromatic carbocycles. The lowest BCUT2D eigenvalue weighted by molar-refractivity contribution is 0.0998. The van der Waals surface area contributed by atoms with Gasteiger partial charge >= 0.3 is 0 Å². The van der Waals surface area contributed by atoms with Crippen LogP contribution in [-0.2, 0) is 0 Å². The summed E-state index contributed by atoms with van der Waals surface area (Å²) < 4.78 is 13.0. The van der Waals surface area contributed by atoms with Gasteiger partial charge in [-0.05, 0) is 36.4 Å². The molecule has 0 unspecified atom stereocenters. The van der Waals surface area contributed by atoms with Crippen molar-refractivity contribution >= 4 is 40.3 Å². The summed E-state index contributed by atoms with van der Waals surface area (Å²) in [5.74, 6) is -1.96. The van der Waals surface area contributed by atoms with E-state index in [9.17, 15) is 23.9 Å². The van der Waals surface area contributed by atoms with Crippen LogP contribution in [0.3, 0.4) is 0 Å². The van der Waals surface area contributed by atoms with E-state index in [4.69, 9.17) is 17.3 Å². The van der Waals surface area contributed by atoms with Gasteiger partial charge in [0.15, 0.2) is 5.75 Å². The molecule has 0 heterocycles. The van der Waals surface area contributed by atoms with E-state index in [0.717, 1.165) is 0 Å². The van der Waals surface area contributed by atoms with Crippen molar-refractivity contribution in [2.24, 2.45) is 5.73 Å². The van der Waals surface area contributed by atoms with Gasteiger partial charge < -0.3 is 21.5 Å². The monoisotopic (exact) mass is 375 g/mol. The lowest BCUT2D eigenvalue weighted by Gasteiger charge is -2.16. The first-order valence-electron chi connectivity index (χ1n) is 7.23. The largest absolute Gasteiger partial charge is 0.505 e. The first kappa shape index (κ1) is 17.4. The van der Waals surface area contributed by atoms with Crippen LogP contribution in [0, 0.1) is 5.82 Å². The standard InChI is InChI=1S/C17H11ClFN3O4/c18-9-5-6-10(14(23)11(9)17(20)26)22-13-12(15(24)16(13)25)21-8-3-1-7(19)2-4-8/h1-6,21-23H,(H2,20,26). The molecule has 0 aromatic heterocycles. The maximum absolute atomic E-state index is 13.0. The number of amides is 1. The Hall–Kier alpha value is -3.39. The molecule has 0 saturated carbocycles. The van der Waals surface area contributed by atoms with Crippen molar-refractivity contribution in [1.29, 1.82) is 0 Å². The van der Waals surface area contributed by atoms with Gasteiger partial charge in [0.05, 0.1) is 10.7 Å². The number of aromatic hydroxyl groups is 1. The van der Waals surface area contributed by atoms with Gasteiger partial charge in [-0.3, -0.25) is 14.4 Å². The van der Waals surface area contributed by atoms with Crippen LogP contribution in [0.5, 0.6) is 5.75 Å². The maximum Gasteiger partial charge on any atom is 0.254 e. The predicted molar refractivity (Wildman–Crippen MR) is 96.0 cm³/mol. The molecule has 0 atom stereocenters. The number of carbonyl (C=O) groups is 1. The lowest BCUT2D eigenvalue weighted by Crippen LogP contribution is -2.35. The van der Waals surface area contributed by atoms with Gasteiger partial charge in [-0.15, -0.1) is 0 Å². The minimum absolute atomic E-state index is 0.0301. The fraction of sp³-hybridized carbons (Fsp3) is 0. The lowest BCUT2D eigenvalue weighted by atomic mass is 10.1. The molecule has 9 heteroatoms. The average molecular weight is 376 g/mol. The zero-order chi connectivity index (χ0) is 19.0. The van der Waals surface area contributed by atoms with Crippen molar-refractivity contribution in [1.82, 2.24) is 0 Å². The Morgan fingerprint density at radius 3 is 2.15 bits per heavy atom.